The molecule has 3 heterocycles. The van der Waals surface area contributed by atoms with Crippen molar-refractivity contribution in [3.63, 3.8) is 0 Å². The zero-order valence-electron chi connectivity index (χ0n) is 28.0. The summed E-state index contributed by atoms with van der Waals surface area (Å²) in [5, 5.41) is 7.97. The molecule has 4 heteroatoms. The monoisotopic (exact) mass is 663 g/mol. The summed E-state index contributed by atoms with van der Waals surface area (Å²) < 4.78 is 8.60. The molecule has 0 aliphatic rings. The van der Waals surface area contributed by atoms with Crippen LogP contribution in [-0.4, -0.2) is 14.5 Å². The fourth-order valence-electron chi connectivity index (χ4n) is 7.94. The molecule has 11 aromatic rings. The molecule has 4 nitrogen and oxygen atoms in total. The van der Waals surface area contributed by atoms with Crippen molar-refractivity contribution < 1.29 is 4.42 Å². The maximum absolute atomic E-state index is 6.37. The summed E-state index contributed by atoms with van der Waals surface area (Å²) in [4.78, 5) is 10.9. The van der Waals surface area contributed by atoms with E-state index in [1.165, 1.54) is 21.5 Å². The highest BCUT2D eigenvalue weighted by Gasteiger charge is 2.20. The molecule has 11 rings (SSSR count). The van der Waals surface area contributed by atoms with Gasteiger partial charge in [-0.2, -0.15) is 0 Å². The Bertz CT molecular complexity index is 3180. The van der Waals surface area contributed by atoms with Crippen molar-refractivity contribution in [2.45, 2.75) is 0 Å². The molecule has 0 fully saturated rings. The standard InChI is InChI=1S/C48H29N3O/c1-3-13-30(14-4-1)39-29-42-41(28-38(39)34-23-24-37-36-20-10-12-22-45(36)52-46(37)27-34)47(31-15-5-2-6-16-31)50-48(49-42)51-43-21-11-9-19-35(43)40-25-32-17-7-8-18-33(32)26-44(40)51/h1-29H. The summed E-state index contributed by atoms with van der Waals surface area (Å²) in [5.41, 5.74) is 11.1. The second-order valence-electron chi connectivity index (χ2n) is 13.4. The van der Waals surface area contributed by atoms with E-state index in [9.17, 15) is 0 Å². The highest BCUT2D eigenvalue weighted by atomic mass is 16.3. The quantitative estimate of drug-likeness (QED) is 0.188. The predicted octanol–water partition coefficient (Wildman–Crippen LogP) is 12.8. The molecule has 52 heavy (non-hydrogen) atoms. The van der Waals surface area contributed by atoms with Crippen LogP contribution in [-0.2, 0) is 0 Å². The van der Waals surface area contributed by atoms with E-state index in [-0.39, 0.29) is 0 Å². The molecule has 0 unspecified atom stereocenters. The van der Waals surface area contributed by atoms with E-state index in [2.05, 4.69) is 162 Å². The van der Waals surface area contributed by atoms with Crippen molar-refractivity contribution in [3.8, 4) is 39.5 Å². The van der Waals surface area contributed by atoms with Crippen LogP contribution >= 0.6 is 0 Å². The van der Waals surface area contributed by atoms with Gasteiger partial charge < -0.3 is 4.42 Å². The Morgan fingerprint density at radius 2 is 1.04 bits per heavy atom. The number of hydrogen-bond acceptors (Lipinski definition) is 3. The third-order valence-electron chi connectivity index (χ3n) is 10.4. The number of benzene rings is 8. The van der Waals surface area contributed by atoms with Crippen molar-refractivity contribution in [2.75, 3.05) is 0 Å². The molecule has 242 valence electrons. The number of para-hydroxylation sites is 2. The van der Waals surface area contributed by atoms with Gasteiger partial charge in [0.05, 0.1) is 22.2 Å². The summed E-state index contributed by atoms with van der Waals surface area (Å²) in [7, 11) is 0. The van der Waals surface area contributed by atoms with Crippen molar-refractivity contribution >= 4 is 65.4 Å². The van der Waals surface area contributed by atoms with Gasteiger partial charge in [0.15, 0.2) is 0 Å². The molecule has 0 N–H and O–H groups in total. The van der Waals surface area contributed by atoms with Crippen LogP contribution in [0.25, 0.3) is 105 Å². The number of rotatable bonds is 4. The normalized spacial score (nSPS) is 11.8. The van der Waals surface area contributed by atoms with Crippen LogP contribution in [0.2, 0.25) is 0 Å². The van der Waals surface area contributed by atoms with E-state index < -0.39 is 0 Å². The van der Waals surface area contributed by atoms with Crippen LogP contribution in [0.4, 0.5) is 0 Å². The second kappa shape index (κ2) is 11.2. The molecular weight excluding hydrogens is 635 g/mol. The lowest BCUT2D eigenvalue weighted by atomic mass is 9.91. The number of furan rings is 1. The fraction of sp³-hybridized carbons (Fsp3) is 0. The summed E-state index contributed by atoms with van der Waals surface area (Å²) in [6.45, 7) is 0. The molecule has 0 atom stereocenters. The molecule has 0 spiro atoms. The maximum atomic E-state index is 6.37. The zero-order chi connectivity index (χ0) is 34.2. The van der Waals surface area contributed by atoms with Gasteiger partial charge in [-0.3, -0.25) is 4.57 Å². The van der Waals surface area contributed by atoms with Gasteiger partial charge in [-0.25, -0.2) is 9.97 Å². The fourth-order valence-corrected chi connectivity index (χ4v) is 7.94. The lowest BCUT2D eigenvalue weighted by Crippen LogP contribution is -2.04. The Kier molecular flexibility index (Phi) is 6.22. The van der Waals surface area contributed by atoms with Crippen LogP contribution in [0.15, 0.2) is 180 Å². The van der Waals surface area contributed by atoms with Crippen LogP contribution in [0.5, 0.6) is 0 Å². The van der Waals surface area contributed by atoms with E-state index in [4.69, 9.17) is 14.4 Å². The number of nitrogens with zero attached hydrogens (tertiary/aromatic N) is 3. The summed E-state index contributed by atoms with van der Waals surface area (Å²) in [5.74, 6) is 0.642. The maximum Gasteiger partial charge on any atom is 0.235 e. The number of aromatic nitrogens is 3. The van der Waals surface area contributed by atoms with Gasteiger partial charge >= 0.3 is 0 Å². The largest absolute Gasteiger partial charge is 0.456 e. The molecule has 8 aromatic carbocycles. The first-order valence-electron chi connectivity index (χ1n) is 17.6. The predicted molar refractivity (Wildman–Crippen MR) is 215 cm³/mol. The van der Waals surface area contributed by atoms with Crippen LogP contribution < -0.4 is 0 Å². The Labute approximate surface area is 298 Å². The molecule has 0 aliphatic carbocycles. The smallest absolute Gasteiger partial charge is 0.235 e. The van der Waals surface area contributed by atoms with E-state index in [1.807, 2.05) is 18.2 Å². The Morgan fingerprint density at radius 1 is 0.385 bits per heavy atom. The molecule has 0 saturated carbocycles. The molecule has 0 radical (unpaired) electrons. The molecular formula is C48H29N3O. The topological polar surface area (TPSA) is 43.9 Å². The molecule has 3 aromatic heterocycles. The zero-order valence-corrected chi connectivity index (χ0v) is 28.0. The van der Waals surface area contributed by atoms with E-state index >= 15 is 0 Å². The second-order valence-corrected chi connectivity index (χ2v) is 13.4. The third kappa shape index (κ3) is 4.41. The average Bonchev–Trinajstić information content (AvgIpc) is 3.74. The van der Waals surface area contributed by atoms with Crippen molar-refractivity contribution in [3.05, 3.63) is 176 Å². The van der Waals surface area contributed by atoms with Crippen molar-refractivity contribution in [1.29, 1.82) is 0 Å². The van der Waals surface area contributed by atoms with Crippen LogP contribution in [0.1, 0.15) is 0 Å². The van der Waals surface area contributed by atoms with Gasteiger partial charge in [0.2, 0.25) is 5.95 Å². The SMILES string of the molecule is c1ccc(-c2cc3nc(-n4c5ccccc5c5cc6ccccc6cc54)nc(-c4ccccc4)c3cc2-c2ccc3c(c2)oc2ccccc23)cc1. The van der Waals surface area contributed by atoms with Gasteiger partial charge in [-0.1, -0.05) is 127 Å². The van der Waals surface area contributed by atoms with Gasteiger partial charge in [0, 0.05) is 32.5 Å². The van der Waals surface area contributed by atoms with E-state index in [1.54, 1.807) is 0 Å². The van der Waals surface area contributed by atoms with Crippen LogP contribution in [0.3, 0.4) is 0 Å². The van der Waals surface area contributed by atoms with Crippen molar-refractivity contribution in [2.24, 2.45) is 0 Å². The average molecular weight is 664 g/mol. The number of hydrogen-bond donors (Lipinski definition) is 0. The van der Waals surface area contributed by atoms with Gasteiger partial charge in [0.25, 0.3) is 0 Å². The minimum absolute atomic E-state index is 0.642. The van der Waals surface area contributed by atoms with Gasteiger partial charge in [-0.05, 0) is 81.6 Å². The van der Waals surface area contributed by atoms with E-state index in [0.29, 0.717) is 5.95 Å². The highest BCUT2D eigenvalue weighted by molar-refractivity contribution is 6.14. The molecule has 0 saturated heterocycles. The Morgan fingerprint density at radius 3 is 1.87 bits per heavy atom. The molecule has 0 amide bonds. The van der Waals surface area contributed by atoms with Crippen LogP contribution in [0, 0.1) is 0 Å². The Hall–Kier alpha value is -7.04. The summed E-state index contributed by atoms with van der Waals surface area (Å²) in [6.07, 6.45) is 0. The lowest BCUT2D eigenvalue weighted by molar-refractivity contribution is 0.669. The first kappa shape index (κ1) is 28.8. The Balaban J connectivity index is 1.23. The first-order valence-corrected chi connectivity index (χ1v) is 17.6. The molecule has 0 bridgehead atoms. The molecule has 0 aliphatic heterocycles. The minimum Gasteiger partial charge on any atom is -0.456 e. The first-order chi connectivity index (χ1) is 25.8. The van der Waals surface area contributed by atoms with Crippen molar-refractivity contribution in [1.82, 2.24) is 14.5 Å². The lowest BCUT2D eigenvalue weighted by Gasteiger charge is -2.16. The summed E-state index contributed by atoms with van der Waals surface area (Å²) in [6, 6.07) is 62.0. The van der Waals surface area contributed by atoms with E-state index in [0.717, 1.165) is 77.4 Å². The van der Waals surface area contributed by atoms with Gasteiger partial charge in [0.1, 0.15) is 11.2 Å². The minimum atomic E-state index is 0.642. The van der Waals surface area contributed by atoms with Gasteiger partial charge in [-0.15, -0.1) is 0 Å². The third-order valence-corrected chi connectivity index (χ3v) is 10.4. The number of fused-ring (bicyclic) bond motifs is 8. The summed E-state index contributed by atoms with van der Waals surface area (Å²) >= 11 is 0. The highest BCUT2D eigenvalue weighted by Crippen LogP contribution is 2.41.